The van der Waals surface area contributed by atoms with Gasteiger partial charge in [0, 0.05) is 31.8 Å². The van der Waals surface area contributed by atoms with Gasteiger partial charge in [0.05, 0.1) is 0 Å². The molecule has 1 aromatic carbocycles. The highest BCUT2D eigenvalue weighted by atomic mass is 32.1. The number of piperidine rings is 1. The van der Waals surface area contributed by atoms with Gasteiger partial charge in [-0.25, -0.2) is 0 Å². The lowest BCUT2D eigenvalue weighted by Gasteiger charge is -2.31. The van der Waals surface area contributed by atoms with E-state index in [1.165, 1.54) is 5.56 Å². The summed E-state index contributed by atoms with van der Waals surface area (Å²) in [5.74, 6) is 0.602. The van der Waals surface area contributed by atoms with Crippen molar-refractivity contribution in [1.29, 1.82) is 0 Å². The first kappa shape index (κ1) is 15.2. The van der Waals surface area contributed by atoms with Crippen molar-refractivity contribution < 1.29 is 4.79 Å². The molecule has 0 N–H and O–H groups in total. The highest BCUT2D eigenvalue weighted by Gasteiger charge is 2.26. The molecule has 1 atom stereocenters. The van der Waals surface area contributed by atoms with Crippen molar-refractivity contribution in [2.45, 2.75) is 38.5 Å². The zero-order valence-corrected chi connectivity index (χ0v) is 13.7. The van der Waals surface area contributed by atoms with Crippen molar-refractivity contribution in [3.05, 3.63) is 45.9 Å². The van der Waals surface area contributed by atoms with Crippen molar-refractivity contribution in [2.75, 3.05) is 13.1 Å². The SMILES string of the molecule is CCC(=O)N1CCCC(c2nnc(Cc3ccccc3)s2)C1. The van der Waals surface area contributed by atoms with Crippen molar-refractivity contribution in [2.24, 2.45) is 0 Å². The molecule has 0 radical (unpaired) electrons. The summed E-state index contributed by atoms with van der Waals surface area (Å²) in [5, 5.41) is 10.9. The smallest absolute Gasteiger partial charge is 0.222 e. The number of benzene rings is 1. The molecule has 1 aliphatic heterocycles. The van der Waals surface area contributed by atoms with E-state index in [2.05, 4.69) is 22.3 Å². The second-order valence-electron chi connectivity index (χ2n) is 5.73. The molecule has 1 unspecified atom stereocenters. The van der Waals surface area contributed by atoms with Crippen LogP contribution in [0, 0.1) is 0 Å². The maximum Gasteiger partial charge on any atom is 0.222 e. The molecule has 2 aromatic rings. The number of hydrogen-bond donors (Lipinski definition) is 0. The van der Waals surface area contributed by atoms with Gasteiger partial charge in [-0.1, -0.05) is 37.3 Å². The van der Waals surface area contributed by atoms with Gasteiger partial charge in [0.25, 0.3) is 0 Å². The fourth-order valence-corrected chi connectivity index (χ4v) is 3.90. The average molecular weight is 315 g/mol. The fourth-order valence-electron chi connectivity index (χ4n) is 2.90. The molecule has 4 nitrogen and oxygen atoms in total. The molecule has 5 heteroatoms. The van der Waals surface area contributed by atoms with Crippen LogP contribution < -0.4 is 0 Å². The van der Waals surface area contributed by atoms with Crippen molar-refractivity contribution >= 4 is 17.2 Å². The third-order valence-electron chi connectivity index (χ3n) is 4.11. The van der Waals surface area contributed by atoms with Crippen LogP contribution in [0.5, 0.6) is 0 Å². The Hall–Kier alpha value is -1.75. The van der Waals surface area contributed by atoms with Gasteiger partial charge in [-0.05, 0) is 18.4 Å². The van der Waals surface area contributed by atoms with Crippen molar-refractivity contribution in [3.63, 3.8) is 0 Å². The molecular weight excluding hydrogens is 294 g/mol. The van der Waals surface area contributed by atoms with E-state index in [4.69, 9.17) is 0 Å². The summed E-state index contributed by atoms with van der Waals surface area (Å²) in [4.78, 5) is 13.9. The molecule has 1 aliphatic rings. The number of amides is 1. The van der Waals surface area contributed by atoms with Gasteiger partial charge >= 0.3 is 0 Å². The lowest BCUT2D eigenvalue weighted by molar-refractivity contribution is -0.132. The molecular formula is C17H21N3OS. The van der Waals surface area contributed by atoms with Crippen LogP contribution in [-0.2, 0) is 11.2 Å². The van der Waals surface area contributed by atoms with E-state index in [1.54, 1.807) is 11.3 Å². The Morgan fingerprint density at radius 1 is 1.32 bits per heavy atom. The minimum atomic E-state index is 0.249. The normalized spacial score (nSPS) is 18.4. The van der Waals surface area contributed by atoms with Crippen LogP contribution in [0.1, 0.15) is 47.7 Å². The molecule has 1 saturated heterocycles. The summed E-state index contributed by atoms with van der Waals surface area (Å²) < 4.78 is 0. The van der Waals surface area contributed by atoms with Gasteiger partial charge in [0.15, 0.2) is 0 Å². The summed E-state index contributed by atoms with van der Waals surface area (Å²) in [5.41, 5.74) is 1.26. The van der Waals surface area contributed by atoms with E-state index in [9.17, 15) is 4.79 Å². The van der Waals surface area contributed by atoms with Gasteiger partial charge in [0.1, 0.15) is 10.0 Å². The van der Waals surface area contributed by atoms with Gasteiger partial charge in [-0.3, -0.25) is 4.79 Å². The molecule has 0 aliphatic carbocycles. The lowest BCUT2D eigenvalue weighted by Crippen LogP contribution is -2.38. The highest BCUT2D eigenvalue weighted by Crippen LogP contribution is 2.30. The molecule has 3 rings (SSSR count). The average Bonchev–Trinajstić information content (AvgIpc) is 3.04. The number of aromatic nitrogens is 2. The first-order valence-electron chi connectivity index (χ1n) is 7.90. The van der Waals surface area contributed by atoms with E-state index in [-0.39, 0.29) is 5.91 Å². The van der Waals surface area contributed by atoms with Crippen LogP contribution in [0.2, 0.25) is 0 Å². The van der Waals surface area contributed by atoms with Gasteiger partial charge in [-0.2, -0.15) is 0 Å². The van der Waals surface area contributed by atoms with Crippen molar-refractivity contribution in [3.8, 4) is 0 Å². The summed E-state index contributed by atoms with van der Waals surface area (Å²) >= 11 is 1.70. The van der Waals surface area contributed by atoms with Crippen LogP contribution in [0.15, 0.2) is 30.3 Å². The second kappa shape index (κ2) is 7.01. The maximum absolute atomic E-state index is 11.9. The standard InChI is InChI=1S/C17H21N3OS/c1-2-16(21)20-10-6-9-14(12-20)17-19-18-15(22-17)11-13-7-4-3-5-8-13/h3-5,7-8,14H,2,6,9-12H2,1H3. The summed E-state index contributed by atoms with van der Waals surface area (Å²) in [6.45, 7) is 3.61. The van der Waals surface area contributed by atoms with E-state index in [0.717, 1.165) is 42.4 Å². The van der Waals surface area contributed by atoms with Crippen LogP contribution in [0.4, 0.5) is 0 Å². The van der Waals surface area contributed by atoms with Crippen LogP contribution >= 0.6 is 11.3 Å². The molecule has 0 spiro atoms. The number of hydrogen-bond acceptors (Lipinski definition) is 4. The molecule has 1 aromatic heterocycles. The largest absolute Gasteiger partial charge is 0.342 e. The molecule has 1 fully saturated rings. The van der Waals surface area contributed by atoms with E-state index >= 15 is 0 Å². The molecule has 2 heterocycles. The third kappa shape index (κ3) is 3.53. The molecule has 116 valence electrons. The Morgan fingerprint density at radius 2 is 2.14 bits per heavy atom. The van der Waals surface area contributed by atoms with E-state index < -0.39 is 0 Å². The second-order valence-corrected chi connectivity index (χ2v) is 6.82. The van der Waals surface area contributed by atoms with Crippen LogP contribution in [-0.4, -0.2) is 34.1 Å². The molecule has 22 heavy (non-hydrogen) atoms. The topological polar surface area (TPSA) is 46.1 Å². The Balaban J connectivity index is 1.67. The minimum absolute atomic E-state index is 0.249. The number of carbonyl (C=O) groups is 1. The minimum Gasteiger partial charge on any atom is -0.342 e. The highest BCUT2D eigenvalue weighted by molar-refractivity contribution is 7.11. The first-order valence-corrected chi connectivity index (χ1v) is 8.72. The Morgan fingerprint density at radius 3 is 2.91 bits per heavy atom. The van der Waals surface area contributed by atoms with Crippen LogP contribution in [0.3, 0.4) is 0 Å². The number of carbonyl (C=O) groups excluding carboxylic acids is 1. The monoisotopic (exact) mass is 315 g/mol. The van der Waals surface area contributed by atoms with Crippen LogP contribution in [0.25, 0.3) is 0 Å². The van der Waals surface area contributed by atoms with Gasteiger partial charge in [-0.15, -0.1) is 21.5 Å². The zero-order valence-electron chi connectivity index (χ0n) is 12.9. The van der Waals surface area contributed by atoms with Gasteiger partial charge < -0.3 is 4.90 Å². The number of likely N-dealkylation sites (tertiary alicyclic amines) is 1. The summed E-state index contributed by atoms with van der Waals surface area (Å²) in [7, 11) is 0. The van der Waals surface area contributed by atoms with Gasteiger partial charge in [0.2, 0.25) is 5.91 Å². The first-order chi connectivity index (χ1) is 10.8. The lowest BCUT2D eigenvalue weighted by atomic mass is 9.98. The summed E-state index contributed by atoms with van der Waals surface area (Å²) in [6, 6.07) is 10.3. The molecule has 0 bridgehead atoms. The quantitative estimate of drug-likeness (QED) is 0.870. The zero-order chi connectivity index (χ0) is 15.4. The van der Waals surface area contributed by atoms with Crippen molar-refractivity contribution in [1.82, 2.24) is 15.1 Å². The number of nitrogens with zero attached hydrogens (tertiary/aromatic N) is 3. The molecule has 0 saturated carbocycles. The van der Waals surface area contributed by atoms with E-state index in [0.29, 0.717) is 12.3 Å². The predicted molar refractivity (Wildman–Crippen MR) is 88.0 cm³/mol. The maximum atomic E-state index is 11.9. The summed E-state index contributed by atoms with van der Waals surface area (Å²) in [6.07, 6.45) is 3.59. The third-order valence-corrected chi connectivity index (χ3v) is 5.19. The number of rotatable bonds is 4. The Bertz CT molecular complexity index is 626. The fraction of sp³-hybridized carbons (Fsp3) is 0.471. The predicted octanol–water partition coefficient (Wildman–Crippen LogP) is 3.24. The Labute approximate surface area is 135 Å². The Kier molecular flexibility index (Phi) is 4.83. The molecule has 1 amide bonds. The van der Waals surface area contributed by atoms with E-state index in [1.807, 2.05) is 30.0 Å².